The molecule has 0 aliphatic heterocycles. The molecular formula is C13H10F3N3OS. The largest absolute Gasteiger partial charge is 0.455 e. The Morgan fingerprint density at radius 2 is 2.05 bits per heavy atom. The van der Waals surface area contributed by atoms with Crippen LogP contribution in [0.4, 0.5) is 13.2 Å². The fourth-order valence-corrected chi connectivity index (χ4v) is 1.64. The predicted molar refractivity (Wildman–Crippen MR) is 76.7 cm³/mol. The number of hydrogen-bond donors (Lipinski definition) is 2. The zero-order chi connectivity index (χ0) is 15.5. The van der Waals surface area contributed by atoms with Crippen molar-refractivity contribution in [1.29, 1.82) is 0 Å². The molecule has 0 atom stereocenters. The van der Waals surface area contributed by atoms with Crippen LogP contribution in [0.1, 0.15) is 11.3 Å². The lowest BCUT2D eigenvalue weighted by Crippen LogP contribution is -2.23. The normalized spacial score (nSPS) is 11.8. The van der Waals surface area contributed by atoms with Crippen LogP contribution in [0.2, 0.25) is 0 Å². The molecule has 0 aliphatic carbocycles. The Labute approximate surface area is 123 Å². The average Bonchev–Trinajstić information content (AvgIpc) is 2.86. The van der Waals surface area contributed by atoms with Gasteiger partial charge in [0, 0.05) is 5.56 Å². The van der Waals surface area contributed by atoms with Crippen LogP contribution in [0, 0.1) is 0 Å². The Bertz CT molecular complexity index is 679. The highest BCUT2D eigenvalue weighted by atomic mass is 32.1. The van der Waals surface area contributed by atoms with Crippen molar-refractivity contribution in [2.24, 2.45) is 10.8 Å². The van der Waals surface area contributed by atoms with Gasteiger partial charge in [0.2, 0.25) is 0 Å². The number of rotatable bonds is 3. The maximum absolute atomic E-state index is 12.6. The van der Waals surface area contributed by atoms with Crippen LogP contribution in [0.25, 0.3) is 11.3 Å². The predicted octanol–water partition coefficient (Wildman–Crippen LogP) is 3.13. The quantitative estimate of drug-likeness (QED) is 0.519. The number of halogens is 3. The maximum atomic E-state index is 12.6. The lowest BCUT2D eigenvalue weighted by Gasteiger charge is -2.07. The number of benzene rings is 1. The second-order valence-corrected chi connectivity index (χ2v) is 4.45. The fourth-order valence-electron chi connectivity index (χ4n) is 1.59. The van der Waals surface area contributed by atoms with Gasteiger partial charge in [0.05, 0.1) is 11.8 Å². The van der Waals surface area contributed by atoms with Crippen LogP contribution in [-0.4, -0.2) is 11.3 Å². The van der Waals surface area contributed by atoms with E-state index in [1.165, 1.54) is 18.3 Å². The summed E-state index contributed by atoms with van der Waals surface area (Å²) >= 11 is 4.56. The van der Waals surface area contributed by atoms with Gasteiger partial charge in [-0.1, -0.05) is 12.1 Å². The molecule has 0 bridgehead atoms. The van der Waals surface area contributed by atoms with E-state index in [1.807, 2.05) is 0 Å². The molecule has 8 heteroatoms. The molecule has 21 heavy (non-hydrogen) atoms. The van der Waals surface area contributed by atoms with Crippen LogP contribution in [0.3, 0.4) is 0 Å². The molecule has 0 unspecified atom stereocenters. The minimum Gasteiger partial charge on any atom is -0.455 e. The van der Waals surface area contributed by atoms with Crippen molar-refractivity contribution in [3.63, 3.8) is 0 Å². The van der Waals surface area contributed by atoms with Crippen LogP contribution in [-0.2, 0) is 6.18 Å². The first-order valence-electron chi connectivity index (χ1n) is 5.72. The zero-order valence-electron chi connectivity index (χ0n) is 10.5. The van der Waals surface area contributed by atoms with E-state index in [2.05, 4.69) is 22.7 Å². The number of nitrogens with zero attached hydrogens (tertiary/aromatic N) is 1. The highest BCUT2D eigenvalue weighted by Gasteiger charge is 2.30. The van der Waals surface area contributed by atoms with Gasteiger partial charge in [-0.2, -0.15) is 18.3 Å². The molecule has 0 saturated heterocycles. The third kappa shape index (κ3) is 4.06. The summed E-state index contributed by atoms with van der Waals surface area (Å²) in [6, 6.07) is 8.00. The van der Waals surface area contributed by atoms with Gasteiger partial charge in [-0.25, -0.2) is 0 Å². The summed E-state index contributed by atoms with van der Waals surface area (Å²) in [5.74, 6) is 0.657. The van der Waals surface area contributed by atoms with Gasteiger partial charge in [0.1, 0.15) is 11.5 Å². The Morgan fingerprint density at radius 1 is 1.29 bits per heavy atom. The Hall–Kier alpha value is -2.35. The van der Waals surface area contributed by atoms with Gasteiger partial charge in [-0.15, -0.1) is 0 Å². The second-order valence-electron chi connectivity index (χ2n) is 4.01. The number of hydrogen-bond acceptors (Lipinski definition) is 3. The Balaban J connectivity index is 2.22. The number of furan rings is 1. The van der Waals surface area contributed by atoms with Gasteiger partial charge in [-0.3, -0.25) is 5.43 Å². The molecule has 0 radical (unpaired) electrons. The van der Waals surface area contributed by atoms with Crippen molar-refractivity contribution in [3.8, 4) is 11.3 Å². The molecule has 110 valence electrons. The van der Waals surface area contributed by atoms with Crippen molar-refractivity contribution in [2.75, 3.05) is 0 Å². The fraction of sp³-hybridized carbons (Fsp3) is 0.0769. The van der Waals surface area contributed by atoms with Gasteiger partial charge >= 0.3 is 6.18 Å². The van der Waals surface area contributed by atoms with E-state index in [1.54, 1.807) is 12.1 Å². The van der Waals surface area contributed by atoms with E-state index in [9.17, 15) is 13.2 Å². The number of hydrazone groups is 1. The second kappa shape index (κ2) is 5.96. The Morgan fingerprint density at radius 3 is 2.71 bits per heavy atom. The van der Waals surface area contributed by atoms with E-state index in [0.717, 1.165) is 12.1 Å². The third-order valence-electron chi connectivity index (χ3n) is 2.47. The lowest BCUT2D eigenvalue weighted by atomic mass is 10.1. The summed E-state index contributed by atoms with van der Waals surface area (Å²) in [5.41, 5.74) is 7.11. The van der Waals surface area contributed by atoms with Crippen molar-refractivity contribution in [2.45, 2.75) is 6.18 Å². The number of nitrogens with one attached hydrogen (secondary N) is 1. The SMILES string of the molecule is NC(=S)N/N=C\c1ccc(-c2cccc(C(F)(F)F)c2)o1. The summed E-state index contributed by atoms with van der Waals surface area (Å²) in [4.78, 5) is 0. The minimum atomic E-state index is -4.40. The van der Waals surface area contributed by atoms with E-state index in [-0.39, 0.29) is 5.11 Å². The van der Waals surface area contributed by atoms with Gasteiger partial charge < -0.3 is 10.2 Å². The first kappa shape index (κ1) is 15.0. The molecule has 0 amide bonds. The van der Waals surface area contributed by atoms with E-state index >= 15 is 0 Å². The van der Waals surface area contributed by atoms with Crippen molar-refractivity contribution in [3.05, 3.63) is 47.7 Å². The minimum absolute atomic E-state index is 0.00379. The summed E-state index contributed by atoms with van der Waals surface area (Å²) in [6.07, 6.45) is -3.08. The highest BCUT2D eigenvalue weighted by molar-refractivity contribution is 7.80. The van der Waals surface area contributed by atoms with Gasteiger partial charge in [0.15, 0.2) is 5.11 Å². The molecule has 4 nitrogen and oxygen atoms in total. The monoisotopic (exact) mass is 313 g/mol. The molecular weight excluding hydrogens is 303 g/mol. The van der Waals surface area contributed by atoms with E-state index in [4.69, 9.17) is 10.2 Å². The summed E-state index contributed by atoms with van der Waals surface area (Å²) in [7, 11) is 0. The summed E-state index contributed by atoms with van der Waals surface area (Å²) in [6.45, 7) is 0. The standard InChI is InChI=1S/C13H10F3N3OS/c14-13(15,16)9-3-1-2-8(6-9)11-5-4-10(20-11)7-18-19-12(17)21/h1-7H,(H3,17,19,21)/b18-7-. The molecule has 0 spiro atoms. The number of alkyl halides is 3. The van der Waals surface area contributed by atoms with E-state index < -0.39 is 11.7 Å². The number of thiocarbonyl (C=S) groups is 1. The van der Waals surface area contributed by atoms with Crippen LogP contribution < -0.4 is 11.2 Å². The average molecular weight is 313 g/mol. The highest BCUT2D eigenvalue weighted by Crippen LogP contribution is 2.32. The molecule has 1 aromatic carbocycles. The first-order valence-corrected chi connectivity index (χ1v) is 6.13. The molecule has 2 aromatic rings. The first-order chi connectivity index (χ1) is 9.86. The smallest absolute Gasteiger partial charge is 0.416 e. The molecule has 2 rings (SSSR count). The molecule has 0 aliphatic rings. The molecule has 1 heterocycles. The number of nitrogens with two attached hydrogens (primary N) is 1. The van der Waals surface area contributed by atoms with Crippen molar-refractivity contribution < 1.29 is 17.6 Å². The molecule has 1 aromatic heterocycles. The van der Waals surface area contributed by atoms with Crippen molar-refractivity contribution in [1.82, 2.24) is 5.43 Å². The van der Waals surface area contributed by atoms with Crippen LogP contribution >= 0.6 is 12.2 Å². The van der Waals surface area contributed by atoms with E-state index in [0.29, 0.717) is 17.1 Å². The summed E-state index contributed by atoms with van der Waals surface area (Å²) < 4.78 is 43.3. The van der Waals surface area contributed by atoms with Gasteiger partial charge in [0.25, 0.3) is 0 Å². The summed E-state index contributed by atoms with van der Waals surface area (Å²) in [5, 5.41) is 3.69. The lowest BCUT2D eigenvalue weighted by molar-refractivity contribution is -0.137. The van der Waals surface area contributed by atoms with Crippen molar-refractivity contribution >= 4 is 23.5 Å². The van der Waals surface area contributed by atoms with Gasteiger partial charge in [-0.05, 0) is 36.5 Å². The zero-order valence-corrected chi connectivity index (χ0v) is 11.3. The molecule has 0 saturated carbocycles. The molecule has 0 fully saturated rings. The Kier molecular flexibility index (Phi) is 4.27. The topological polar surface area (TPSA) is 63.5 Å². The third-order valence-corrected chi connectivity index (χ3v) is 2.56. The molecule has 3 N–H and O–H groups in total. The van der Waals surface area contributed by atoms with Crippen LogP contribution in [0.15, 0.2) is 45.9 Å². The maximum Gasteiger partial charge on any atom is 0.416 e. The van der Waals surface area contributed by atoms with Crippen LogP contribution in [0.5, 0.6) is 0 Å².